The SMILES string of the molecule is Cl.Nc1cccc2c1CCCN2CC(=O)NC1CCCCCCC1. The van der Waals surface area contributed by atoms with E-state index in [1.165, 1.54) is 37.7 Å². The lowest BCUT2D eigenvalue weighted by molar-refractivity contribution is -0.120. The number of carbonyl (C=O) groups is 1. The molecule has 4 nitrogen and oxygen atoms in total. The van der Waals surface area contributed by atoms with Crippen molar-refractivity contribution in [2.45, 2.75) is 63.8 Å². The lowest BCUT2D eigenvalue weighted by atomic mass is 9.96. The molecule has 24 heavy (non-hydrogen) atoms. The molecule has 0 radical (unpaired) electrons. The molecule has 0 aromatic heterocycles. The average Bonchev–Trinajstić information content (AvgIpc) is 2.51. The Morgan fingerprint density at radius 3 is 2.58 bits per heavy atom. The van der Waals surface area contributed by atoms with E-state index in [9.17, 15) is 4.79 Å². The molecule has 0 spiro atoms. The summed E-state index contributed by atoms with van der Waals surface area (Å²) in [6, 6.07) is 6.40. The largest absolute Gasteiger partial charge is 0.398 e. The van der Waals surface area contributed by atoms with Crippen LogP contribution in [0.4, 0.5) is 11.4 Å². The van der Waals surface area contributed by atoms with Gasteiger partial charge in [0.25, 0.3) is 0 Å². The Morgan fingerprint density at radius 1 is 1.12 bits per heavy atom. The van der Waals surface area contributed by atoms with E-state index < -0.39 is 0 Å². The summed E-state index contributed by atoms with van der Waals surface area (Å²) in [5.41, 5.74) is 9.29. The zero-order valence-corrected chi connectivity index (χ0v) is 15.2. The van der Waals surface area contributed by atoms with Crippen molar-refractivity contribution in [3.05, 3.63) is 23.8 Å². The molecular weight excluding hydrogens is 322 g/mol. The molecule has 3 N–H and O–H groups in total. The highest BCUT2D eigenvalue weighted by Gasteiger charge is 2.22. The first-order valence-corrected chi connectivity index (χ1v) is 9.16. The minimum Gasteiger partial charge on any atom is -0.398 e. The molecule has 1 aromatic carbocycles. The molecule has 1 saturated carbocycles. The van der Waals surface area contributed by atoms with Gasteiger partial charge in [-0.05, 0) is 43.4 Å². The van der Waals surface area contributed by atoms with Crippen molar-refractivity contribution in [1.82, 2.24) is 5.32 Å². The summed E-state index contributed by atoms with van der Waals surface area (Å²) >= 11 is 0. The van der Waals surface area contributed by atoms with Gasteiger partial charge in [0, 0.05) is 24.0 Å². The predicted molar refractivity (Wildman–Crippen MR) is 103 cm³/mol. The maximum atomic E-state index is 12.5. The fourth-order valence-electron chi connectivity index (χ4n) is 3.94. The normalized spacial score (nSPS) is 18.8. The third kappa shape index (κ3) is 4.79. The second-order valence-corrected chi connectivity index (χ2v) is 6.98. The number of anilines is 2. The third-order valence-electron chi connectivity index (χ3n) is 5.19. The van der Waals surface area contributed by atoms with Gasteiger partial charge in [0.1, 0.15) is 0 Å². The molecule has 0 saturated heterocycles. The highest BCUT2D eigenvalue weighted by molar-refractivity contribution is 5.85. The van der Waals surface area contributed by atoms with Crippen LogP contribution >= 0.6 is 12.4 Å². The lowest BCUT2D eigenvalue weighted by Gasteiger charge is -2.32. The van der Waals surface area contributed by atoms with Gasteiger partial charge in [-0.3, -0.25) is 4.79 Å². The van der Waals surface area contributed by atoms with Gasteiger partial charge in [0.15, 0.2) is 0 Å². The van der Waals surface area contributed by atoms with Crippen LogP contribution in [0.1, 0.15) is 56.9 Å². The van der Waals surface area contributed by atoms with E-state index in [0.29, 0.717) is 12.6 Å². The van der Waals surface area contributed by atoms with Gasteiger partial charge < -0.3 is 16.0 Å². The summed E-state index contributed by atoms with van der Waals surface area (Å²) in [4.78, 5) is 14.7. The molecule has 1 heterocycles. The first kappa shape index (κ1) is 18.9. The van der Waals surface area contributed by atoms with Crippen molar-refractivity contribution in [2.24, 2.45) is 0 Å². The van der Waals surface area contributed by atoms with Crippen LogP contribution in [0, 0.1) is 0 Å². The van der Waals surface area contributed by atoms with E-state index in [2.05, 4.69) is 16.3 Å². The summed E-state index contributed by atoms with van der Waals surface area (Å²) in [5.74, 6) is 0.158. The van der Waals surface area contributed by atoms with Crippen molar-refractivity contribution in [1.29, 1.82) is 0 Å². The molecule has 1 fully saturated rings. The zero-order valence-electron chi connectivity index (χ0n) is 14.4. The fourth-order valence-corrected chi connectivity index (χ4v) is 3.94. The first-order valence-electron chi connectivity index (χ1n) is 9.16. The number of rotatable bonds is 3. The Bertz CT molecular complexity index is 541. The van der Waals surface area contributed by atoms with Gasteiger partial charge in [-0.1, -0.05) is 38.2 Å². The quantitative estimate of drug-likeness (QED) is 0.817. The second kappa shape index (κ2) is 9.16. The summed E-state index contributed by atoms with van der Waals surface area (Å²) in [5, 5.41) is 3.27. The number of hydrogen-bond acceptors (Lipinski definition) is 3. The van der Waals surface area contributed by atoms with Crippen LogP contribution in [-0.4, -0.2) is 25.0 Å². The van der Waals surface area contributed by atoms with Gasteiger partial charge in [0.05, 0.1) is 6.54 Å². The van der Waals surface area contributed by atoms with Crippen LogP contribution in [0.5, 0.6) is 0 Å². The van der Waals surface area contributed by atoms with E-state index in [0.717, 1.165) is 43.6 Å². The van der Waals surface area contributed by atoms with Crippen molar-refractivity contribution in [2.75, 3.05) is 23.7 Å². The molecular formula is C19H30ClN3O. The van der Waals surface area contributed by atoms with Crippen LogP contribution in [0.15, 0.2) is 18.2 Å². The van der Waals surface area contributed by atoms with E-state index in [4.69, 9.17) is 5.73 Å². The number of fused-ring (bicyclic) bond motifs is 1. The van der Waals surface area contributed by atoms with Crippen LogP contribution in [0.3, 0.4) is 0 Å². The number of halogens is 1. The van der Waals surface area contributed by atoms with E-state index in [-0.39, 0.29) is 18.3 Å². The molecule has 1 aromatic rings. The van der Waals surface area contributed by atoms with Gasteiger partial charge in [0.2, 0.25) is 5.91 Å². The van der Waals surface area contributed by atoms with Gasteiger partial charge >= 0.3 is 0 Å². The molecule has 0 unspecified atom stereocenters. The molecule has 0 atom stereocenters. The van der Waals surface area contributed by atoms with Gasteiger partial charge in [-0.25, -0.2) is 0 Å². The maximum absolute atomic E-state index is 12.5. The number of nitrogens with zero attached hydrogens (tertiary/aromatic N) is 1. The predicted octanol–water partition coefficient (Wildman–Crippen LogP) is 3.67. The Labute approximate surface area is 151 Å². The van der Waals surface area contributed by atoms with E-state index in [1.807, 2.05) is 12.1 Å². The summed E-state index contributed by atoms with van der Waals surface area (Å²) < 4.78 is 0. The molecule has 2 aliphatic rings. The molecule has 1 aliphatic carbocycles. The van der Waals surface area contributed by atoms with Crippen molar-refractivity contribution >= 4 is 29.7 Å². The van der Waals surface area contributed by atoms with Crippen molar-refractivity contribution in [3.63, 3.8) is 0 Å². The Morgan fingerprint density at radius 2 is 1.83 bits per heavy atom. The maximum Gasteiger partial charge on any atom is 0.239 e. The number of amides is 1. The zero-order chi connectivity index (χ0) is 16.1. The summed E-state index contributed by atoms with van der Waals surface area (Å²) in [6.45, 7) is 1.39. The van der Waals surface area contributed by atoms with E-state index >= 15 is 0 Å². The first-order chi connectivity index (χ1) is 11.2. The number of nitrogen functional groups attached to an aromatic ring is 1. The molecule has 3 rings (SSSR count). The van der Waals surface area contributed by atoms with Gasteiger partial charge in [-0.15, -0.1) is 12.4 Å². The number of nitrogens with two attached hydrogens (primary N) is 1. The number of nitrogens with one attached hydrogen (secondary N) is 1. The summed E-state index contributed by atoms with van der Waals surface area (Å²) in [7, 11) is 0. The average molecular weight is 352 g/mol. The minimum absolute atomic E-state index is 0. The minimum atomic E-state index is 0. The number of hydrogen-bond donors (Lipinski definition) is 2. The fraction of sp³-hybridized carbons (Fsp3) is 0.632. The topological polar surface area (TPSA) is 58.4 Å². The highest BCUT2D eigenvalue weighted by Crippen LogP contribution is 2.30. The molecule has 134 valence electrons. The smallest absolute Gasteiger partial charge is 0.239 e. The number of benzene rings is 1. The Hall–Kier alpha value is -1.42. The van der Waals surface area contributed by atoms with Crippen molar-refractivity contribution in [3.8, 4) is 0 Å². The highest BCUT2D eigenvalue weighted by atomic mass is 35.5. The van der Waals surface area contributed by atoms with Crippen LogP contribution < -0.4 is 16.0 Å². The van der Waals surface area contributed by atoms with Crippen LogP contribution in [0.2, 0.25) is 0 Å². The number of carbonyl (C=O) groups excluding carboxylic acids is 1. The third-order valence-corrected chi connectivity index (χ3v) is 5.19. The monoisotopic (exact) mass is 351 g/mol. The Kier molecular flexibility index (Phi) is 7.22. The van der Waals surface area contributed by atoms with E-state index in [1.54, 1.807) is 0 Å². The molecule has 1 aliphatic heterocycles. The van der Waals surface area contributed by atoms with Crippen LogP contribution in [-0.2, 0) is 11.2 Å². The molecule has 0 bridgehead atoms. The lowest BCUT2D eigenvalue weighted by Crippen LogP contribution is -2.44. The Balaban J connectivity index is 0.00000208. The standard InChI is InChI=1S/C19H29N3O.ClH/c20-17-11-6-12-18-16(17)10-7-13-22(18)14-19(23)21-15-8-4-2-1-3-5-9-15;/h6,11-12,15H,1-5,7-10,13-14,20H2,(H,21,23);1H. The van der Waals surface area contributed by atoms with Crippen molar-refractivity contribution < 1.29 is 4.79 Å². The second-order valence-electron chi connectivity index (χ2n) is 6.98. The molecule has 1 amide bonds. The van der Waals surface area contributed by atoms with Gasteiger partial charge in [-0.2, -0.15) is 0 Å². The summed E-state index contributed by atoms with van der Waals surface area (Å²) in [6.07, 6.45) is 10.8. The molecule has 5 heteroatoms. The van der Waals surface area contributed by atoms with Crippen LogP contribution in [0.25, 0.3) is 0 Å².